The molecular formula is C45H46ClN7O6S. The van der Waals surface area contributed by atoms with Crippen molar-refractivity contribution in [2.24, 2.45) is 5.92 Å². The van der Waals surface area contributed by atoms with E-state index in [9.17, 15) is 23.3 Å². The topological polar surface area (TPSA) is 180 Å². The standard InChI is InChI=1S/C45H46ClN7O6S/c1-25-29(6-4-7-30(25)36-23-49-37(44(51-36)58-3)22-48-21-28-10-13-40(54)50-28)32-8-5-9-33(41(32)46)39-19-27-18-34-31(35(20-47)42(27)59-39)11-12-38(34)53-17-14-26(24-53)43(55)52-60(56,57)45(2)15-16-45/h4-9,18-19,23,26,28,38,48H,10-17,21-22,24H2,1-3H3,(H,50,54)(H,52,55)/t26-,28+,38-/m1/s1. The molecule has 13 nitrogen and oxygen atoms in total. The molecule has 60 heavy (non-hydrogen) atoms. The van der Waals surface area contributed by atoms with Gasteiger partial charge in [-0.3, -0.25) is 24.2 Å². The Hall–Kier alpha value is -5.33. The zero-order valence-corrected chi connectivity index (χ0v) is 35.3. The van der Waals surface area contributed by atoms with Crippen molar-refractivity contribution < 1.29 is 27.2 Å². The van der Waals surface area contributed by atoms with Crippen LogP contribution in [-0.2, 0) is 32.6 Å². The molecule has 2 aliphatic heterocycles. The van der Waals surface area contributed by atoms with Crippen LogP contribution in [0.15, 0.2) is 59.1 Å². The number of hydrogen-bond acceptors (Lipinski definition) is 11. The maximum atomic E-state index is 13.1. The number of hydrogen-bond donors (Lipinski definition) is 3. The van der Waals surface area contributed by atoms with Crippen LogP contribution < -0.4 is 20.1 Å². The third-order valence-corrected chi connectivity index (χ3v) is 15.5. The van der Waals surface area contributed by atoms with E-state index in [1.165, 1.54) is 0 Å². The Morgan fingerprint density at radius 2 is 1.87 bits per heavy atom. The van der Waals surface area contributed by atoms with Crippen molar-refractivity contribution in [2.45, 2.75) is 82.2 Å². The van der Waals surface area contributed by atoms with Crippen molar-refractivity contribution in [3.05, 3.63) is 87.7 Å². The van der Waals surface area contributed by atoms with Crippen LogP contribution >= 0.6 is 11.6 Å². The Balaban J connectivity index is 0.960. The predicted octanol–water partition coefficient (Wildman–Crippen LogP) is 6.74. The van der Waals surface area contributed by atoms with E-state index in [-0.39, 0.29) is 18.0 Å². The number of benzene rings is 3. The van der Waals surface area contributed by atoms with Gasteiger partial charge < -0.3 is 19.8 Å². The zero-order chi connectivity index (χ0) is 41.9. The monoisotopic (exact) mass is 847 g/mol. The summed E-state index contributed by atoms with van der Waals surface area (Å²) in [5.74, 6) is 0.185. The van der Waals surface area contributed by atoms with Gasteiger partial charge in [-0.05, 0) is 99.4 Å². The number of rotatable bonds is 12. The fourth-order valence-electron chi connectivity index (χ4n) is 9.09. The van der Waals surface area contributed by atoms with E-state index in [0.717, 1.165) is 51.6 Å². The number of amides is 2. The van der Waals surface area contributed by atoms with Crippen molar-refractivity contribution in [1.29, 1.82) is 5.26 Å². The molecule has 9 rings (SSSR count). The van der Waals surface area contributed by atoms with Crippen molar-refractivity contribution >= 4 is 44.4 Å². The van der Waals surface area contributed by atoms with Gasteiger partial charge in [0.2, 0.25) is 27.7 Å². The van der Waals surface area contributed by atoms with Crippen LogP contribution in [-0.4, -0.2) is 72.6 Å². The van der Waals surface area contributed by atoms with Gasteiger partial charge in [-0.2, -0.15) is 5.26 Å². The summed E-state index contributed by atoms with van der Waals surface area (Å²) in [7, 11) is -2.13. The number of likely N-dealkylation sites (tertiary alicyclic amines) is 1. The fourth-order valence-corrected chi connectivity index (χ4v) is 10.7. The molecule has 4 heterocycles. The van der Waals surface area contributed by atoms with Gasteiger partial charge in [0, 0.05) is 60.2 Å². The third kappa shape index (κ3) is 7.21. The summed E-state index contributed by atoms with van der Waals surface area (Å²) in [6.07, 6.45) is 6.28. The maximum Gasteiger partial charge on any atom is 0.240 e. The van der Waals surface area contributed by atoms with Gasteiger partial charge in [0.05, 0.1) is 40.3 Å². The van der Waals surface area contributed by atoms with E-state index in [4.69, 9.17) is 30.7 Å². The van der Waals surface area contributed by atoms with Crippen LogP contribution in [0.4, 0.5) is 0 Å². The Bertz CT molecular complexity index is 2720. The largest absolute Gasteiger partial charge is 0.480 e. The maximum absolute atomic E-state index is 13.1. The first-order chi connectivity index (χ1) is 28.9. The second kappa shape index (κ2) is 15.6. The Morgan fingerprint density at radius 3 is 2.60 bits per heavy atom. The van der Waals surface area contributed by atoms with E-state index in [0.29, 0.717) is 103 Å². The fraction of sp³-hybridized carbons (Fsp3) is 0.400. The summed E-state index contributed by atoms with van der Waals surface area (Å²) >= 11 is 7.26. The van der Waals surface area contributed by atoms with E-state index >= 15 is 0 Å². The quantitative estimate of drug-likeness (QED) is 0.121. The number of nitrogens with one attached hydrogen (secondary N) is 3. The number of carbonyl (C=O) groups excluding carboxylic acids is 2. The Kier molecular flexibility index (Phi) is 10.4. The molecule has 5 aromatic rings. The van der Waals surface area contributed by atoms with Gasteiger partial charge in [-0.25, -0.2) is 13.4 Å². The molecule has 2 saturated heterocycles. The second-order valence-corrected chi connectivity index (χ2v) is 19.3. The number of nitriles is 1. The van der Waals surface area contributed by atoms with Gasteiger partial charge in [-0.1, -0.05) is 41.9 Å². The zero-order valence-electron chi connectivity index (χ0n) is 33.7. The molecule has 0 bridgehead atoms. The highest BCUT2D eigenvalue weighted by Gasteiger charge is 2.51. The van der Waals surface area contributed by atoms with E-state index in [1.807, 2.05) is 49.4 Å². The van der Waals surface area contributed by atoms with Gasteiger partial charge >= 0.3 is 0 Å². The van der Waals surface area contributed by atoms with Crippen molar-refractivity contribution in [3.63, 3.8) is 0 Å². The number of carbonyl (C=O) groups is 2. The lowest BCUT2D eigenvalue weighted by Crippen LogP contribution is -2.42. The molecule has 3 fully saturated rings. The normalized spacial score (nSPS) is 20.9. The molecule has 4 aliphatic rings. The summed E-state index contributed by atoms with van der Waals surface area (Å²) in [6.45, 7) is 5.89. The summed E-state index contributed by atoms with van der Waals surface area (Å²) < 4.78 is 39.2. The third-order valence-electron chi connectivity index (χ3n) is 12.9. The van der Waals surface area contributed by atoms with Gasteiger partial charge in [0.15, 0.2) is 5.58 Å². The molecule has 3 atom stereocenters. The first kappa shape index (κ1) is 40.1. The lowest BCUT2D eigenvalue weighted by molar-refractivity contribution is -0.123. The molecule has 310 valence electrons. The first-order valence-electron chi connectivity index (χ1n) is 20.5. The van der Waals surface area contributed by atoms with Crippen LogP contribution in [0.2, 0.25) is 5.02 Å². The summed E-state index contributed by atoms with van der Waals surface area (Å²) in [5.41, 5.74) is 8.58. The van der Waals surface area contributed by atoms with E-state index in [1.54, 1.807) is 20.2 Å². The van der Waals surface area contributed by atoms with Crippen LogP contribution in [0.1, 0.15) is 79.4 Å². The SMILES string of the molecule is COc1nc(-c2cccc(-c3cccc(-c4cc5cc6c(c(C#N)c5o4)CC[C@H]6N4CC[C@@H](C(=O)NS(=O)(=O)C5(C)CC5)C4)c3Cl)c2C)cnc1CNC[C@@H]1CCC(=O)N1. The van der Waals surface area contributed by atoms with Crippen molar-refractivity contribution in [2.75, 3.05) is 26.7 Å². The number of nitrogens with zero attached hydrogens (tertiary/aromatic N) is 4. The molecule has 2 amide bonds. The van der Waals surface area contributed by atoms with E-state index in [2.05, 4.69) is 32.4 Å². The Labute approximate surface area is 353 Å². The molecule has 0 spiro atoms. The number of furan rings is 1. The average molecular weight is 848 g/mol. The summed E-state index contributed by atoms with van der Waals surface area (Å²) in [5, 5.41) is 18.1. The molecule has 3 aromatic carbocycles. The van der Waals surface area contributed by atoms with Crippen molar-refractivity contribution in [3.8, 4) is 45.7 Å². The smallest absolute Gasteiger partial charge is 0.240 e. The molecule has 2 aromatic heterocycles. The van der Waals surface area contributed by atoms with Crippen LogP contribution in [0.5, 0.6) is 5.88 Å². The lowest BCUT2D eigenvalue weighted by Gasteiger charge is -2.25. The molecule has 0 radical (unpaired) electrons. The number of aromatic nitrogens is 2. The van der Waals surface area contributed by atoms with E-state index < -0.39 is 26.6 Å². The Morgan fingerprint density at radius 1 is 1.10 bits per heavy atom. The average Bonchev–Trinajstić information content (AvgIpc) is 3.70. The molecule has 2 aliphatic carbocycles. The summed E-state index contributed by atoms with van der Waals surface area (Å²) in [4.78, 5) is 36.4. The highest BCUT2D eigenvalue weighted by Crippen LogP contribution is 2.46. The number of sulfonamides is 1. The first-order valence-corrected chi connectivity index (χ1v) is 22.3. The number of halogens is 1. The van der Waals surface area contributed by atoms with Crippen LogP contribution in [0.25, 0.3) is 44.7 Å². The minimum atomic E-state index is -3.70. The van der Waals surface area contributed by atoms with Crippen molar-refractivity contribution in [1.82, 2.24) is 30.2 Å². The summed E-state index contributed by atoms with van der Waals surface area (Å²) in [6, 6.07) is 18.4. The lowest BCUT2D eigenvalue weighted by atomic mass is 9.93. The minimum absolute atomic E-state index is 0.00269. The van der Waals surface area contributed by atoms with Crippen LogP contribution in [0, 0.1) is 24.2 Å². The van der Waals surface area contributed by atoms with Gasteiger partial charge in [0.1, 0.15) is 17.5 Å². The van der Waals surface area contributed by atoms with Crippen LogP contribution in [0.3, 0.4) is 0 Å². The molecule has 3 N–H and O–H groups in total. The molecule has 1 saturated carbocycles. The number of methoxy groups -OCH3 is 1. The molecular weight excluding hydrogens is 802 g/mol. The molecule has 0 unspecified atom stereocenters. The minimum Gasteiger partial charge on any atom is -0.480 e. The second-order valence-electron chi connectivity index (χ2n) is 16.7. The number of ether oxygens (including phenoxy) is 1. The van der Waals surface area contributed by atoms with Gasteiger partial charge in [0.25, 0.3) is 0 Å². The highest BCUT2D eigenvalue weighted by atomic mass is 35.5. The highest BCUT2D eigenvalue weighted by molar-refractivity contribution is 7.91. The molecule has 15 heteroatoms. The predicted molar refractivity (Wildman–Crippen MR) is 227 cm³/mol. The number of fused-ring (bicyclic) bond motifs is 2. The van der Waals surface area contributed by atoms with Gasteiger partial charge in [-0.15, -0.1) is 0 Å².